The Morgan fingerprint density at radius 2 is 1.61 bits per heavy atom. The minimum atomic E-state index is 0.649. The Balaban J connectivity index is 2.59. The van der Waals surface area contributed by atoms with Gasteiger partial charge in [0.25, 0.3) is 0 Å². The predicted molar refractivity (Wildman–Crippen MR) is 81.3 cm³/mol. The third-order valence-corrected chi connectivity index (χ3v) is 3.96. The Labute approximate surface area is 113 Å². The molecule has 1 rings (SSSR count). The summed E-state index contributed by atoms with van der Waals surface area (Å²) in [7, 11) is 2.08. The molecule has 0 saturated heterocycles. The quantitative estimate of drug-likeness (QED) is 0.795. The first-order valence-corrected chi connectivity index (χ1v) is 7.19. The van der Waals surface area contributed by atoms with E-state index in [1.54, 1.807) is 5.56 Å². The van der Waals surface area contributed by atoms with Crippen molar-refractivity contribution in [1.29, 1.82) is 0 Å². The fourth-order valence-corrected chi connectivity index (χ4v) is 2.91. The van der Waals surface area contributed by atoms with Gasteiger partial charge in [-0.3, -0.25) is 0 Å². The van der Waals surface area contributed by atoms with Crippen LogP contribution in [0.3, 0.4) is 0 Å². The molecule has 0 saturated carbocycles. The fourth-order valence-electron chi connectivity index (χ4n) is 2.91. The molecular weight excluding hydrogens is 218 g/mol. The van der Waals surface area contributed by atoms with E-state index in [4.69, 9.17) is 0 Å². The van der Waals surface area contributed by atoms with Crippen LogP contribution in [0.2, 0.25) is 0 Å². The zero-order valence-corrected chi connectivity index (χ0v) is 12.9. The van der Waals surface area contributed by atoms with Crippen molar-refractivity contribution in [2.45, 2.75) is 59.9 Å². The summed E-state index contributed by atoms with van der Waals surface area (Å²) in [5, 5.41) is 3.43. The van der Waals surface area contributed by atoms with E-state index >= 15 is 0 Å². The van der Waals surface area contributed by atoms with E-state index in [0.717, 1.165) is 5.92 Å². The van der Waals surface area contributed by atoms with Crippen LogP contribution in [0.25, 0.3) is 0 Å². The van der Waals surface area contributed by atoms with Crippen LogP contribution in [-0.4, -0.2) is 13.1 Å². The van der Waals surface area contributed by atoms with Crippen LogP contribution in [0.15, 0.2) is 12.1 Å². The number of nitrogens with one attached hydrogen (secondary N) is 1. The SMILES string of the molecule is CNC(CCCc1c(C)cc(C)cc1C)C(C)C. The standard InChI is InChI=1S/C17H29N/c1-12(2)17(18-6)9-7-8-16-14(4)10-13(3)11-15(16)5/h10-12,17-18H,7-9H2,1-6H3. The molecule has 102 valence electrons. The van der Waals surface area contributed by atoms with Gasteiger partial charge in [0.2, 0.25) is 0 Å². The van der Waals surface area contributed by atoms with Gasteiger partial charge in [0.15, 0.2) is 0 Å². The lowest BCUT2D eigenvalue weighted by molar-refractivity contribution is 0.393. The van der Waals surface area contributed by atoms with Gasteiger partial charge in [0.05, 0.1) is 0 Å². The number of benzene rings is 1. The van der Waals surface area contributed by atoms with Crippen LogP contribution >= 0.6 is 0 Å². The molecule has 0 fully saturated rings. The Kier molecular flexibility index (Phi) is 5.87. The zero-order valence-electron chi connectivity index (χ0n) is 12.9. The minimum absolute atomic E-state index is 0.649. The van der Waals surface area contributed by atoms with Crippen LogP contribution in [0.5, 0.6) is 0 Å². The molecule has 1 heteroatoms. The van der Waals surface area contributed by atoms with Crippen molar-refractivity contribution in [2.75, 3.05) is 7.05 Å². The van der Waals surface area contributed by atoms with Gasteiger partial charge in [-0.1, -0.05) is 31.5 Å². The summed E-state index contributed by atoms with van der Waals surface area (Å²) >= 11 is 0. The summed E-state index contributed by atoms with van der Waals surface area (Å²) in [6.45, 7) is 11.3. The lowest BCUT2D eigenvalue weighted by Crippen LogP contribution is -2.30. The van der Waals surface area contributed by atoms with Crippen molar-refractivity contribution in [2.24, 2.45) is 5.92 Å². The number of hydrogen-bond donors (Lipinski definition) is 1. The van der Waals surface area contributed by atoms with Gasteiger partial charge in [-0.2, -0.15) is 0 Å². The first-order chi connectivity index (χ1) is 8.45. The van der Waals surface area contributed by atoms with Crippen molar-refractivity contribution in [3.05, 3.63) is 34.4 Å². The summed E-state index contributed by atoms with van der Waals surface area (Å²) in [6, 6.07) is 5.26. The van der Waals surface area contributed by atoms with Crippen LogP contribution in [0.4, 0.5) is 0 Å². The van der Waals surface area contributed by atoms with Crippen LogP contribution in [0, 0.1) is 26.7 Å². The molecule has 0 heterocycles. The molecule has 0 spiro atoms. The molecule has 1 atom stereocenters. The van der Waals surface area contributed by atoms with Gasteiger partial charge in [0.1, 0.15) is 0 Å². The summed E-state index contributed by atoms with van der Waals surface area (Å²) in [5.41, 5.74) is 5.85. The van der Waals surface area contributed by atoms with E-state index in [1.165, 1.54) is 36.0 Å². The number of rotatable bonds is 6. The maximum atomic E-state index is 3.43. The molecule has 0 aliphatic heterocycles. The molecule has 18 heavy (non-hydrogen) atoms. The van der Waals surface area contributed by atoms with Crippen LogP contribution < -0.4 is 5.32 Å². The molecule has 1 N–H and O–H groups in total. The van der Waals surface area contributed by atoms with Crippen molar-refractivity contribution >= 4 is 0 Å². The Hall–Kier alpha value is -0.820. The van der Waals surface area contributed by atoms with E-state index in [-0.39, 0.29) is 0 Å². The molecule has 0 aliphatic rings. The molecule has 0 aliphatic carbocycles. The van der Waals surface area contributed by atoms with Crippen molar-refractivity contribution in [3.8, 4) is 0 Å². The van der Waals surface area contributed by atoms with Crippen molar-refractivity contribution in [1.82, 2.24) is 5.32 Å². The largest absolute Gasteiger partial charge is 0.317 e. The second-order valence-electron chi connectivity index (χ2n) is 5.91. The molecule has 1 unspecified atom stereocenters. The molecule has 0 amide bonds. The second kappa shape index (κ2) is 6.94. The first-order valence-electron chi connectivity index (χ1n) is 7.19. The predicted octanol–water partition coefficient (Wildman–Crippen LogP) is 4.18. The van der Waals surface area contributed by atoms with Crippen LogP contribution in [-0.2, 0) is 6.42 Å². The van der Waals surface area contributed by atoms with Gasteiger partial charge >= 0.3 is 0 Å². The molecule has 1 nitrogen and oxygen atoms in total. The fraction of sp³-hybridized carbons (Fsp3) is 0.647. The zero-order chi connectivity index (χ0) is 13.7. The Morgan fingerprint density at radius 1 is 1.06 bits per heavy atom. The van der Waals surface area contributed by atoms with Crippen molar-refractivity contribution in [3.63, 3.8) is 0 Å². The smallest absolute Gasteiger partial charge is 0.00871 e. The average Bonchev–Trinajstić information content (AvgIpc) is 2.26. The number of aryl methyl sites for hydroxylation is 3. The van der Waals surface area contributed by atoms with E-state index in [2.05, 4.69) is 59.1 Å². The summed E-state index contributed by atoms with van der Waals surface area (Å²) in [4.78, 5) is 0. The van der Waals surface area contributed by atoms with Gasteiger partial charge < -0.3 is 5.32 Å². The van der Waals surface area contributed by atoms with Gasteiger partial charge in [0, 0.05) is 6.04 Å². The highest BCUT2D eigenvalue weighted by atomic mass is 14.9. The second-order valence-corrected chi connectivity index (χ2v) is 5.91. The molecular formula is C17H29N. The molecule has 1 aromatic rings. The van der Waals surface area contributed by atoms with Crippen molar-refractivity contribution < 1.29 is 0 Å². The Bertz CT molecular complexity index is 356. The van der Waals surface area contributed by atoms with Gasteiger partial charge in [-0.05, 0) is 69.7 Å². The van der Waals surface area contributed by atoms with Gasteiger partial charge in [-0.25, -0.2) is 0 Å². The monoisotopic (exact) mass is 247 g/mol. The normalized spacial score (nSPS) is 13.1. The first kappa shape index (κ1) is 15.2. The third kappa shape index (κ3) is 4.13. The molecule has 1 aromatic carbocycles. The summed E-state index contributed by atoms with van der Waals surface area (Å²) in [5.74, 6) is 0.718. The lowest BCUT2D eigenvalue weighted by Gasteiger charge is -2.20. The molecule has 0 radical (unpaired) electrons. The highest BCUT2D eigenvalue weighted by Crippen LogP contribution is 2.19. The highest BCUT2D eigenvalue weighted by molar-refractivity contribution is 5.37. The maximum Gasteiger partial charge on any atom is 0.00871 e. The lowest BCUT2D eigenvalue weighted by atomic mass is 9.92. The summed E-state index contributed by atoms with van der Waals surface area (Å²) in [6.07, 6.45) is 3.75. The van der Waals surface area contributed by atoms with E-state index in [9.17, 15) is 0 Å². The van der Waals surface area contributed by atoms with E-state index < -0.39 is 0 Å². The van der Waals surface area contributed by atoms with Crippen LogP contribution in [0.1, 0.15) is 48.9 Å². The average molecular weight is 247 g/mol. The topological polar surface area (TPSA) is 12.0 Å². The highest BCUT2D eigenvalue weighted by Gasteiger charge is 2.11. The molecule has 0 aromatic heterocycles. The van der Waals surface area contributed by atoms with E-state index in [0.29, 0.717) is 6.04 Å². The van der Waals surface area contributed by atoms with Gasteiger partial charge in [-0.15, -0.1) is 0 Å². The molecule has 0 bridgehead atoms. The Morgan fingerprint density at radius 3 is 2.06 bits per heavy atom. The van der Waals surface area contributed by atoms with E-state index in [1.807, 2.05) is 0 Å². The summed E-state index contributed by atoms with van der Waals surface area (Å²) < 4.78 is 0. The number of hydrogen-bond acceptors (Lipinski definition) is 1. The minimum Gasteiger partial charge on any atom is -0.317 e. The third-order valence-electron chi connectivity index (χ3n) is 3.96. The maximum absolute atomic E-state index is 3.43.